The third kappa shape index (κ3) is 6.77. The van der Waals surface area contributed by atoms with E-state index in [-0.39, 0.29) is 13.2 Å². The molecule has 72 valence electrons. The number of carbonyl (C=O) groups excluding carboxylic acids is 2. The number of esters is 2. The van der Waals surface area contributed by atoms with Gasteiger partial charge in [0, 0.05) is 6.08 Å². The van der Waals surface area contributed by atoms with Crippen molar-refractivity contribution >= 4 is 11.9 Å². The highest BCUT2D eigenvalue weighted by atomic mass is 16.5. The highest BCUT2D eigenvalue weighted by molar-refractivity contribution is 5.84. The first-order valence-corrected chi connectivity index (χ1v) is 3.48. The Morgan fingerprint density at radius 2 is 2.08 bits per heavy atom. The standard InChI is InChI=1S/C8H10O5/c1-2-7(10)12-5-3-8(11)13-6-4-9/h2-3,5,9H,1,4,6H2. The van der Waals surface area contributed by atoms with Crippen LogP contribution >= 0.6 is 0 Å². The molecule has 0 aromatic heterocycles. The van der Waals surface area contributed by atoms with E-state index >= 15 is 0 Å². The second kappa shape index (κ2) is 7.05. The molecule has 0 aliphatic heterocycles. The average molecular weight is 186 g/mol. The van der Waals surface area contributed by atoms with Crippen LogP contribution in [0.15, 0.2) is 25.0 Å². The Labute approximate surface area is 75.3 Å². The Morgan fingerprint density at radius 1 is 1.38 bits per heavy atom. The van der Waals surface area contributed by atoms with Gasteiger partial charge in [0.2, 0.25) is 0 Å². The zero-order valence-electron chi connectivity index (χ0n) is 6.93. The third-order valence-corrected chi connectivity index (χ3v) is 0.891. The summed E-state index contributed by atoms with van der Waals surface area (Å²) < 4.78 is 8.75. The van der Waals surface area contributed by atoms with Gasteiger partial charge in [-0.3, -0.25) is 0 Å². The lowest BCUT2D eigenvalue weighted by Crippen LogP contribution is -2.05. The van der Waals surface area contributed by atoms with Crippen molar-refractivity contribution in [2.45, 2.75) is 0 Å². The summed E-state index contributed by atoms with van der Waals surface area (Å²) in [5, 5.41) is 8.27. The van der Waals surface area contributed by atoms with Gasteiger partial charge in [0.05, 0.1) is 12.7 Å². The predicted molar refractivity (Wildman–Crippen MR) is 43.5 cm³/mol. The summed E-state index contributed by atoms with van der Waals surface area (Å²) in [7, 11) is 0. The lowest BCUT2D eigenvalue weighted by Gasteiger charge is -1.96. The summed E-state index contributed by atoms with van der Waals surface area (Å²) in [6.45, 7) is 2.82. The molecule has 0 amide bonds. The molecule has 1 N–H and O–H groups in total. The smallest absolute Gasteiger partial charge is 0.334 e. The van der Waals surface area contributed by atoms with Crippen molar-refractivity contribution in [3.05, 3.63) is 25.0 Å². The summed E-state index contributed by atoms with van der Waals surface area (Å²) in [6.07, 6.45) is 2.78. The molecule has 0 bridgehead atoms. The lowest BCUT2D eigenvalue weighted by atomic mass is 10.6. The van der Waals surface area contributed by atoms with Crippen LogP contribution in [0.5, 0.6) is 0 Å². The van der Waals surface area contributed by atoms with E-state index in [9.17, 15) is 9.59 Å². The fourth-order valence-electron chi connectivity index (χ4n) is 0.399. The van der Waals surface area contributed by atoms with Crippen LogP contribution in [0, 0.1) is 0 Å². The molecular weight excluding hydrogens is 176 g/mol. The van der Waals surface area contributed by atoms with Crippen LogP contribution in [0.3, 0.4) is 0 Å². The molecule has 0 unspecified atom stereocenters. The van der Waals surface area contributed by atoms with Crippen molar-refractivity contribution in [1.29, 1.82) is 0 Å². The number of hydrogen-bond donors (Lipinski definition) is 1. The molecule has 0 saturated heterocycles. The van der Waals surface area contributed by atoms with E-state index in [0.717, 1.165) is 18.4 Å². The van der Waals surface area contributed by atoms with Crippen molar-refractivity contribution in [3.63, 3.8) is 0 Å². The zero-order chi connectivity index (χ0) is 10.1. The first kappa shape index (κ1) is 11.4. The van der Waals surface area contributed by atoms with Gasteiger partial charge in [0.25, 0.3) is 0 Å². The second-order valence-electron chi connectivity index (χ2n) is 1.83. The number of ether oxygens (including phenoxy) is 2. The summed E-state index contributed by atoms with van der Waals surface area (Å²) in [4.78, 5) is 21.1. The minimum Gasteiger partial charge on any atom is -0.460 e. The van der Waals surface area contributed by atoms with Crippen LogP contribution in [-0.4, -0.2) is 30.3 Å². The average Bonchev–Trinajstić information content (AvgIpc) is 2.14. The summed E-state index contributed by atoms with van der Waals surface area (Å²) in [6, 6.07) is 0. The largest absolute Gasteiger partial charge is 0.460 e. The molecule has 0 aliphatic carbocycles. The van der Waals surface area contributed by atoms with Crippen molar-refractivity contribution in [3.8, 4) is 0 Å². The molecule has 0 spiro atoms. The van der Waals surface area contributed by atoms with Crippen LogP contribution < -0.4 is 0 Å². The van der Waals surface area contributed by atoms with Crippen LogP contribution in [0.1, 0.15) is 0 Å². The summed E-state index contributed by atoms with van der Waals surface area (Å²) in [5.41, 5.74) is 0. The van der Waals surface area contributed by atoms with Crippen LogP contribution in [0.4, 0.5) is 0 Å². The predicted octanol–water partition coefficient (Wildman–Crippen LogP) is -0.235. The second-order valence-corrected chi connectivity index (χ2v) is 1.83. The Kier molecular flexibility index (Phi) is 6.17. The van der Waals surface area contributed by atoms with Gasteiger partial charge >= 0.3 is 11.9 Å². The number of carbonyl (C=O) groups is 2. The minimum absolute atomic E-state index is 0.0847. The first-order chi connectivity index (χ1) is 6.20. The molecule has 5 heteroatoms. The Hall–Kier alpha value is -1.62. The number of rotatable bonds is 5. The van der Waals surface area contributed by atoms with Crippen molar-refractivity contribution in [2.24, 2.45) is 0 Å². The molecule has 0 aromatic carbocycles. The highest BCUT2D eigenvalue weighted by Crippen LogP contribution is 1.84. The van der Waals surface area contributed by atoms with Crippen molar-refractivity contribution in [2.75, 3.05) is 13.2 Å². The third-order valence-electron chi connectivity index (χ3n) is 0.891. The van der Waals surface area contributed by atoms with Crippen LogP contribution in [0.2, 0.25) is 0 Å². The highest BCUT2D eigenvalue weighted by Gasteiger charge is 1.96. The topological polar surface area (TPSA) is 72.8 Å². The Bertz CT molecular complexity index is 219. The van der Waals surface area contributed by atoms with Crippen molar-refractivity contribution < 1.29 is 24.2 Å². The number of aliphatic hydroxyl groups is 1. The maximum absolute atomic E-state index is 10.6. The van der Waals surface area contributed by atoms with E-state index in [1.807, 2.05) is 0 Å². The quantitative estimate of drug-likeness (QED) is 0.364. The zero-order valence-corrected chi connectivity index (χ0v) is 6.93. The van der Waals surface area contributed by atoms with Gasteiger partial charge in [-0.1, -0.05) is 6.58 Å². The first-order valence-electron chi connectivity index (χ1n) is 3.48. The minimum atomic E-state index is -0.689. The van der Waals surface area contributed by atoms with E-state index in [4.69, 9.17) is 5.11 Å². The normalized spacial score (nSPS) is 9.62. The fraction of sp³-hybridized carbons (Fsp3) is 0.250. The number of hydrogen-bond acceptors (Lipinski definition) is 5. The van der Waals surface area contributed by atoms with Gasteiger partial charge < -0.3 is 14.6 Å². The molecule has 0 radical (unpaired) electrons. The Balaban J connectivity index is 3.65. The summed E-state index contributed by atoms with van der Waals surface area (Å²) in [5.74, 6) is -1.35. The molecule has 0 aliphatic rings. The molecule has 0 heterocycles. The molecule has 0 rings (SSSR count). The maximum Gasteiger partial charge on any atom is 0.334 e. The molecular formula is C8H10O5. The SMILES string of the molecule is C=CC(=O)OC=CC(=O)OCCO. The van der Waals surface area contributed by atoms with Gasteiger partial charge in [0.1, 0.15) is 12.9 Å². The molecule has 0 aromatic rings. The number of aliphatic hydroxyl groups excluding tert-OH is 1. The monoisotopic (exact) mass is 186 g/mol. The van der Waals surface area contributed by atoms with Crippen LogP contribution in [0.25, 0.3) is 0 Å². The molecule has 0 fully saturated rings. The van der Waals surface area contributed by atoms with Gasteiger partial charge in [-0.2, -0.15) is 0 Å². The van der Waals surface area contributed by atoms with E-state index in [2.05, 4.69) is 16.1 Å². The van der Waals surface area contributed by atoms with Gasteiger partial charge in [-0.25, -0.2) is 9.59 Å². The van der Waals surface area contributed by atoms with E-state index in [1.165, 1.54) is 0 Å². The molecule has 13 heavy (non-hydrogen) atoms. The van der Waals surface area contributed by atoms with Gasteiger partial charge in [-0.15, -0.1) is 0 Å². The van der Waals surface area contributed by atoms with E-state index in [1.54, 1.807) is 0 Å². The van der Waals surface area contributed by atoms with Crippen LogP contribution in [-0.2, 0) is 19.1 Å². The lowest BCUT2D eigenvalue weighted by molar-refractivity contribution is -0.138. The molecule has 5 nitrogen and oxygen atoms in total. The van der Waals surface area contributed by atoms with Gasteiger partial charge in [0.15, 0.2) is 0 Å². The van der Waals surface area contributed by atoms with Gasteiger partial charge in [-0.05, 0) is 0 Å². The van der Waals surface area contributed by atoms with E-state index in [0.29, 0.717) is 0 Å². The molecule has 0 saturated carbocycles. The Morgan fingerprint density at radius 3 is 2.62 bits per heavy atom. The molecule has 0 atom stereocenters. The maximum atomic E-state index is 10.6. The summed E-state index contributed by atoms with van der Waals surface area (Å²) >= 11 is 0. The van der Waals surface area contributed by atoms with Crippen molar-refractivity contribution in [1.82, 2.24) is 0 Å². The van der Waals surface area contributed by atoms with E-state index < -0.39 is 11.9 Å². The fourth-order valence-corrected chi connectivity index (χ4v) is 0.399.